The molecule has 11 nitrogen and oxygen atoms in total. The van der Waals surface area contributed by atoms with Crippen molar-refractivity contribution in [3.63, 3.8) is 0 Å². The van der Waals surface area contributed by atoms with Crippen LogP contribution < -0.4 is 26.0 Å². The average molecular weight is 519 g/mol. The molecular weight excluding hydrogens is 493 g/mol. The molecule has 1 aliphatic heterocycles. The van der Waals surface area contributed by atoms with Gasteiger partial charge in [0.15, 0.2) is 11.5 Å². The molecule has 0 aliphatic carbocycles. The molecule has 1 saturated heterocycles. The first-order valence-corrected chi connectivity index (χ1v) is 11.4. The van der Waals surface area contributed by atoms with Crippen molar-refractivity contribution in [1.29, 1.82) is 0 Å². The number of anilines is 3. The number of nitrogens with zero attached hydrogens (tertiary/aromatic N) is 5. The van der Waals surface area contributed by atoms with E-state index in [1.54, 1.807) is 24.1 Å². The fourth-order valence-corrected chi connectivity index (χ4v) is 4.13. The summed E-state index contributed by atoms with van der Waals surface area (Å²) < 4.78 is 42.6. The van der Waals surface area contributed by atoms with E-state index >= 15 is 0 Å². The number of hydrogen-bond acceptors (Lipinski definition) is 8. The molecule has 1 fully saturated rings. The number of benzene rings is 1. The van der Waals surface area contributed by atoms with E-state index in [1.165, 1.54) is 18.3 Å². The topological polar surface area (TPSA) is 140 Å². The Balaban J connectivity index is 1.49. The van der Waals surface area contributed by atoms with Crippen molar-refractivity contribution in [2.24, 2.45) is 12.8 Å². The van der Waals surface area contributed by atoms with E-state index in [0.717, 1.165) is 18.6 Å². The van der Waals surface area contributed by atoms with Gasteiger partial charge >= 0.3 is 6.36 Å². The molecule has 4 N–H and O–H groups in total. The lowest BCUT2D eigenvalue weighted by Crippen LogP contribution is -2.54. The monoisotopic (exact) mass is 518 g/mol. The predicted octanol–water partition coefficient (Wildman–Crippen LogP) is 2.74. The number of halogens is 3. The van der Waals surface area contributed by atoms with E-state index in [4.69, 9.17) is 5.73 Å². The molecule has 2 amide bonds. The Morgan fingerprint density at radius 3 is 2.54 bits per heavy atom. The van der Waals surface area contributed by atoms with Gasteiger partial charge in [0, 0.05) is 37.4 Å². The van der Waals surface area contributed by atoms with Crippen LogP contribution in [0.1, 0.15) is 40.6 Å². The maximum atomic E-state index is 12.8. The lowest BCUT2D eigenvalue weighted by atomic mass is 9.97. The van der Waals surface area contributed by atoms with Gasteiger partial charge in [0.05, 0.1) is 18.1 Å². The Kier molecular flexibility index (Phi) is 7.18. The molecule has 4 rings (SSSR count). The van der Waals surface area contributed by atoms with Crippen molar-refractivity contribution < 1.29 is 27.5 Å². The van der Waals surface area contributed by atoms with Crippen LogP contribution in [0.3, 0.4) is 0 Å². The van der Waals surface area contributed by atoms with Crippen LogP contribution in [0.25, 0.3) is 0 Å². The highest BCUT2D eigenvalue weighted by atomic mass is 19.4. The molecule has 2 aromatic heterocycles. The molecule has 0 unspecified atom stereocenters. The minimum Gasteiger partial charge on any atom is -0.406 e. The summed E-state index contributed by atoms with van der Waals surface area (Å²) in [5.41, 5.74) is 6.24. The maximum absolute atomic E-state index is 12.8. The summed E-state index contributed by atoms with van der Waals surface area (Å²) in [7, 11) is 1.75. The van der Waals surface area contributed by atoms with Gasteiger partial charge in [-0.25, -0.2) is 9.97 Å². The molecule has 14 heteroatoms. The van der Waals surface area contributed by atoms with E-state index in [-0.39, 0.29) is 29.2 Å². The van der Waals surface area contributed by atoms with Crippen LogP contribution in [-0.4, -0.2) is 56.6 Å². The van der Waals surface area contributed by atoms with Crippen LogP contribution >= 0.6 is 0 Å². The summed E-state index contributed by atoms with van der Waals surface area (Å²) in [6.07, 6.45) is 1.34. The Hall–Kier alpha value is -4.36. The number of aromatic nitrogens is 4. The molecule has 196 valence electrons. The highest BCUT2D eigenvalue weighted by molar-refractivity contribution is 5.96. The number of carbonyl (C=O) groups is 2. The van der Waals surface area contributed by atoms with Crippen molar-refractivity contribution in [1.82, 2.24) is 25.1 Å². The second-order valence-corrected chi connectivity index (χ2v) is 8.55. The van der Waals surface area contributed by atoms with Gasteiger partial charge in [-0.15, -0.1) is 13.2 Å². The first-order chi connectivity index (χ1) is 17.5. The molecule has 0 saturated carbocycles. The fraction of sp³-hybridized carbons (Fsp3) is 0.348. The Morgan fingerprint density at radius 1 is 1.19 bits per heavy atom. The van der Waals surface area contributed by atoms with Crippen molar-refractivity contribution in [3.8, 4) is 5.75 Å². The van der Waals surface area contributed by atoms with Crippen LogP contribution in [0.2, 0.25) is 0 Å². The van der Waals surface area contributed by atoms with Crippen LogP contribution in [0, 0.1) is 0 Å². The van der Waals surface area contributed by atoms with Gasteiger partial charge in [0.1, 0.15) is 11.6 Å². The molecule has 0 spiro atoms. The Bertz CT molecular complexity index is 1280. The smallest absolute Gasteiger partial charge is 0.406 e. The first-order valence-electron chi connectivity index (χ1n) is 11.4. The van der Waals surface area contributed by atoms with Crippen molar-refractivity contribution in [2.75, 3.05) is 16.8 Å². The standard InChI is InChI=1S/C23H25F3N8O3/c1-13-17(31-22(36)14-5-7-16(8-6-14)37-23(24,25)26)4-3-9-34(13)18-11-28-19(20(27)35)21(32-18)30-15-10-29-33(2)12-15/h5-8,10-13,17H,3-4,9H2,1-2H3,(H2,27,35)(H,30,32)(H,31,36)/t13-,17-/m1/s1. The summed E-state index contributed by atoms with van der Waals surface area (Å²) in [6, 6.07) is 4.24. The summed E-state index contributed by atoms with van der Waals surface area (Å²) in [5.74, 6) is -0.913. The molecule has 37 heavy (non-hydrogen) atoms. The van der Waals surface area contributed by atoms with Gasteiger partial charge in [-0.2, -0.15) is 5.10 Å². The van der Waals surface area contributed by atoms with Crippen LogP contribution in [0.4, 0.5) is 30.5 Å². The van der Waals surface area contributed by atoms with Gasteiger partial charge in [0.2, 0.25) is 0 Å². The van der Waals surface area contributed by atoms with Crippen LogP contribution in [0.5, 0.6) is 5.75 Å². The highest BCUT2D eigenvalue weighted by Gasteiger charge is 2.32. The first kappa shape index (κ1) is 25.7. The summed E-state index contributed by atoms with van der Waals surface area (Å²) >= 11 is 0. The van der Waals surface area contributed by atoms with E-state index in [1.807, 2.05) is 11.8 Å². The SMILES string of the molecule is C[C@@H]1[C@H](NC(=O)c2ccc(OC(F)(F)F)cc2)CCCN1c1cnc(C(N)=O)c(Nc2cnn(C)c2)n1. The largest absolute Gasteiger partial charge is 0.573 e. The number of alkyl halides is 3. The third kappa shape index (κ3) is 6.26. The molecule has 0 bridgehead atoms. The van der Waals surface area contributed by atoms with Crippen molar-refractivity contribution in [2.45, 2.75) is 38.2 Å². The number of hydrogen-bond donors (Lipinski definition) is 3. The summed E-state index contributed by atoms with van der Waals surface area (Å²) in [6.45, 7) is 2.55. The second kappa shape index (κ2) is 10.3. The van der Waals surface area contributed by atoms with Crippen LogP contribution in [-0.2, 0) is 7.05 Å². The third-order valence-corrected chi connectivity index (χ3v) is 5.91. The number of rotatable bonds is 7. The number of aryl methyl sites for hydroxylation is 1. The fourth-order valence-electron chi connectivity index (χ4n) is 4.13. The normalized spacial score (nSPS) is 17.8. The minimum atomic E-state index is -4.81. The van der Waals surface area contributed by atoms with Gasteiger partial charge in [-0.05, 0) is 44.0 Å². The molecule has 3 heterocycles. The Morgan fingerprint density at radius 2 is 1.92 bits per heavy atom. The van der Waals surface area contributed by atoms with Gasteiger partial charge in [-0.1, -0.05) is 0 Å². The number of nitrogens with two attached hydrogens (primary N) is 1. The quantitative estimate of drug-likeness (QED) is 0.434. The molecule has 1 aliphatic rings. The Labute approximate surface area is 209 Å². The van der Waals surface area contributed by atoms with Crippen molar-refractivity contribution in [3.05, 3.63) is 54.1 Å². The number of piperidine rings is 1. The second-order valence-electron chi connectivity index (χ2n) is 8.55. The zero-order valence-corrected chi connectivity index (χ0v) is 20.0. The van der Waals surface area contributed by atoms with Crippen molar-refractivity contribution >= 4 is 29.1 Å². The maximum Gasteiger partial charge on any atom is 0.573 e. The predicted molar refractivity (Wildman–Crippen MR) is 127 cm³/mol. The summed E-state index contributed by atoms with van der Waals surface area (Å²) in [5, 5.41) is 10.0. The molecule has 0 radical (unpaired) electrons. The zero-order valence-electron chi connectivity index (χ0n) is 20.0. The highest BCUT2D eigenvalue weighted by Crippen LogP contribution is 2.27. The summed E-state index contributed by atoms with van der Waals surface area (Å²) in [4.78, 5) is 35.4. The number of amides is 2. The molecular formula is C23H25F3N8O3. The number of primary amides is 1. The molecule has 1 aromatic carbocycles. The van der Waals surface area contributed by atoms with Gasteiger partial charge in [0.25, 0.3) is 11.8 Å². The number of nitrogens with one attached hydrogen (secondary N) is 2. The zero-order chi connectivity index (χ0) is 26.7. The van der Waals surface area contributed by atoms with E-state index in [9.17, 15) is 22.8 Å². The number of carbonyl (C=O) groups excluding carboxylic acids is 2. The minimum absolute atomic E-state index is 0.0277. The third-order valence-electron chi connectivity index (χ3n) is 5.91. The van der Waals surface area contributed by atoms with E-state index in [0.29, 0.717) is 24.5 Å². The number of ether oxygens (including phenoxy) is 1. The lowest BCUT2D eigenvalue weighted by Gasteiger charge is -2.40. The van der Waals surface area contributed by atoms with Gasteiger partial charge < -0.3 is 26.0 Å². The van der Waals surface area contributed by atoms with Crippen LogP contribution in [0.15, 0.2) is 42.9 Å². The molecule has 3 aromatic rings. The molecule has 2 atom stereocenters. The average Bonchev–Trinajstić information content (AvgIpc) is 3.24. The van der Waals surface area contributed by atoms with E-state index < -0.39 is 23.9 Å². The van der Waals surface area contributed by atoms with Gasteiger partial charge in [-0.3, -0.25) is 14.3 Å². The lowest BCUT2D eigenvalue weighted by molar-refractivity contribution is -0.274. The van der Waals surface area contributed by atoms with E-state index in [2.05, 4.69) is 30.4 Å².